The number of aryl methyl sites for hydroxylation is 1. The molecule has 1 aromatic carbocycles. The largest absolute Gasteiger partial charge is 0.375 e. The van der Waals surface area contributed by atoms with Crippen LogP contribution in [0.15, 0.2) is 24.3 Å². The number of nitrogens with zero attached hydrogens (tertiary/aromatic N) is 1. The summed E-state index contributed by atoms with van der Waals surface area (Å²) in [4.78, 5) is 2.32. The standard InChI is InChI=1S/C14H24N2/c1-5-15-13(3)9-10-16(4)14-8-6-7-12(2)11-14/h6-8,11,13,15H,5,9-10H2,1-4H3. The second kappa shape index (κ2) is 6.54. The van der Waals surface area contributed by atoms with Crippen LogP contribution in [-0.4, -0.2) is 26.2 Å². The number of rotatable bonds is 6. The Kier molecular flexibility index (Phi) is 5.33. The lowest BCUT2D eigenvalue weighted by Crippen LogP contribution is -2.30. The van der Waals surface area contributed by atoms with E-state index in [1.807, 2.05) is 0 Å². The molecule has 0 saturated carbocycles. The van der Waals surface area contributed by atoms with Gasteiger partial charge in [-0.25, -0.2) is 0 Å². The topological polar surface area (TPSA) is 15.3 Å². The van der Waals surface area contributed by atoms with Crippen LogP contribution in [0, 0.1) is 6.92 Å². The molecule has 0 spiro atoms. The van der Waals surface area contributed by atoms with Crippen LogP contribution in [0.25, 0.3) is 0 Å². The van der Waals surface area contributed by atoms with Crippen LogP contribution in [0.2, 0.25) is 0 Å². The van der Waals surface area contributed by atoms with Crippen molar-refractivity contribution in [3.8, 4) is 0 Å². The molecule has 1 N–H and O–H groups in total. The van der Waals surface area contributed by atoms with E-state index >= 15 is 0 Å². The molecule has 2 nitrogen and oxygen atoms in total. The predicted octanol–water partition coefficient (Wildman–Crippen LogP) is 2.82. The van der Waals surface area contributed by atoms with E-state index in [4.69, 9.17) is 0 Å². The van der Waals surface area contributed by atoms with Gasteiger partial charge in [0.25, 0.3) is 0 Å². The van der Waals surface area contributed by atoms with E-state index in [1.54, 1.807) is 0 Å². The number of anilines is 1. The van der Waals surface area contributed by atoms with E-state index in [2.05, 4.69) is 62.3 Å². The molecule has 0 bridgehead atoms. The lowest BCUT2D eigenvalue weighted by atomic mass is 10.2. The van der Waals surface area contributed by atoms with Crippen molar-refractivity contribution in [3.05, 3.63) is 29.8 Å². The van der Waals surface area contributed by atoms with Crippen molar-refractivity contribution in [2.75, 3.05) is 25.0 Å². The zero-order valence-corrected chi connectivity index (χ0v) is 11.0. The van der Waals surface area contributed by atoms with E-state index in [0.29, 0.717) is 6.04 Å². The summed E-state index contributed by atoms with van der Waals surface area (Å²) in [6.07, 6.45) is 1.18. The first-order chi connectivity index (χ1) is 7.63. The summed E-state index contributed by atoms with van der Waals surface area (Å²) in [5, 5.41) is 3.44. The molecule has 1 aromatic rings. The maximum Gasteiger partial charge on any atom is 0.0366 e. The third-order valence-electron chi connectivity index (χ3n) is 2.89. The van der Waals surface area contributed by atoms with Gasteiger partial charge in [0.05, 0.1) is 0 Å². The smallest absolute Gasteiger partial charge is 0.0366 e. The summed E-state index contributed by atoms with van der Waals surface area (Å²) in [5.74, 6) is 0. The van der Waals surface area contributed by atoms with Crippen molar-refractivity contribution in [3.63, 3.8) is 0 Å². The summed E-state index contributed by atoms with van der Waals surface area (Å²) in [7, 11) is 2.16. The van der Waals surface area contributed by atoms with Gasteiger partial charge in [-0.3, -0.25) is 0 Å². The van der Waals surface area contributed by atoms with E-state index in [0.717, 1.165) is 13.1 Å². The Bertz CT molecular complexity index is 309. The normalized spacial score (nSPS) is 12.5. The highest BCUT2D eigenvalue weighted by molar-refractivity contribution is 5.47. The minimum atomic E-state index is 0.595. The summed E-state index contributed by atoms with van der Waals surface area (Å²) in [5.41, 5.74) is 2.63. The molecular formula is C14H24N2. The molecule has 0 aromatic heterocycles. The monoisotopic (exact) mass is 220 g/mol. The number of nitrogens with one attached hydrogen (secondary N) is 1. The van der Waals surface area contributed by atoms with Crippen LogP contribution in [0.1, 0.15) is 25.8 Å². The minimum Gasteiger partial charge on any atom is -0.375 e. The summed E-state index contributed by atoms with van der Waals surface area (Å²) in [6, 6.07) is 9.26. The van der Waals surface area contributed by atoms with Gasteiger partial charge in [0, 0.05) is 25.3 Å². The Morgan fingerprint density at radius 1 is 1.38 bits per heavy atom. The van der Waals surface area contributed by atoms with Crippen LogP contribution < -0.4 is 10.2 Å². The van der Waals surface area contributed by atoms with Crippen LogP contribution in [0.5, 0.6) is 0 Å². The van der Waals surface area contributed by atoms with Crippen molar-refractivity contribution in [1.82, 2.24) is 5.32 Å². The number of benzene rings is 1. The molecule has 1 rings (SSSR count). The minimum absolute atomic E-state index is 0.595. The molecule has 0 aliphatic rings. The predicted molar refractivity (Wildman–Crippen MR) is 72.2 cm³/mol. The number of hydrogen-bond acceptors (Lipinski definition) is 2. The first-order valence-corrected chi connectivity index (χ1v) is 6.14. The van der Waals surface area contributed by atoms with Crippen molar-refractivity contribution < 1.29 is 0 Å². The van der Waals surface area contributed by atoms with Gasteiger partial charge in [-0.1, -0.05) is 19.1 Å². The lowest BCUT2D eigenvalue weighted by Gasteiger charge is -2.22. The van der Waals surface area contributed by atoms with Crippen molar-refractivity contribution in [2.24, 2.45) is 0 Å². The van der Waals surface area contributed by atoms with Crippen molar-refractivity contribution in [2.45, 2.75) is 33.2 Å². The van der Waals surface area contributed by atoms with Crippen molar-refractivity contribution in [1.29, 1.82) is 0 Å². The quantitative estimate of drug-likeness (QED) is 0.793. The first-order valence-electron chi connectivity index (χ1n) is 6.14. The Hall–Kier alpha value is -1.02. The molecule has 90 valence electrons. The highest BCUT2D eigenvalue weighted by Crippen LogP contribution is 2.14. The van der Waals surface area contributed by atoms with Gasteiger partial charge < -0.3 is 10.2 Å². The van der Waals surface area contributed by atoms with Crippen molar-refractivity contribution >= 4 is 5.69 Å². The van der Waals surface area contributed by atoms with Gasteiger partial charge in [0.2, 0.25) is 0 Å². The fraction of sp³-hybridized carbons (Fsp3) is 0.571. The van der Waals surface area contributed by atoms with Crippen LogP contribution >= 0.6 is 0 Å². The van der Waals surface area contributed by atoms with Crippen LogP contribution in [0.4, 0.5) is 5.69 Å². The molecule has 0 heterocycles. The van der Waals surface area contributed by atoms with Gasteiger partial charge in [-0.15, -0.1) is 0 Å². The maximum absolute atomic E-state index is 3.44. The fourth-order valence-electron chi connectivity index (χ4n) is 1.83. The third-order valence-corrected chi connectivity index (χ3v) is 2.89. The summed E-state index contributed by atoms with van der Waals surface area (Å²) >= 11 is 0. The molecule has 1 unspecified atom stereocenters. The van der Waals surface area contributed by atoms with E-state index in [9.17, 15) is 0 Å². The first kappa shape index (κ1) is 13.0. The van der Waals surface area contributed by atoms with Gasteiger partial charge in [-0.05, 0) is 44.5 Å². The Morgan fingerprint density at radius 2 is 2.12 bits per heavy atom. The molecule has 0 radical (unpaired) electrons. The molecule has 2 heteroatoms. The zero-order chi connectivity index (χ0) is 12.0. The lowest BCUT2D eigenvalue weighted by molar-refractivity contribution is 0.531. The van der Waals surface area contributed by atoms with E-state index in [1.165, 1.54) is 17.7 Å². The molecule has 1 atom stereocenters. The summed E-state index contributed by atoms with van der Waals surface area (Å²) < 4.78 is 0. The van der Waals surface area contributed by atoms with Crippen LogP contribution in [0.3, 0.4) is 0 Å². The third kappa shape index (κ3) is 4.23. The van der Waals surface area contributed by atoms with Gasteiger partial charge in [-0.2, -0.15) is 0 Å². The molecule has 16 heavy (non-hydrogen) atoms. The average molecular weight is 220 g/mol. The second-order valence-electron chi connectivity index (χ2n) is 4.51. The molecule has 0 amide bonds. The number of hydrogen-bond donors (Lipinski definition) is 1. The molecule has 0 aliphatic carbocycles. The average Bonchev–Trinajstić information content (AvgIpc) is 2.26. The molecule has 0 fully saturated rings. The van der Waals surface area contributed by atoms with E-state index < -0.39 is 0 Å². The highest BCUT2D eigenvalue weighted by Gasteiger charge is 2.04. The van der Waals surface area contributed by atoms with Gasteiger partial charge in [0.15, 0.2) is 0 Å². The van der Waals surface area contributed by atoms with Gasteiger partial charge >= 0.3 is 0 Å². The fourth-order valence-corrected chi connectivity index (χ4v) is 1.83. The highest BCUT2D eigenvalue weighted by atomic mass is 15.1. The SMILES string of the molecule is CCNC(C)CCN(C)c1cccc(C)c1. The Labute approximate surface area is 99.7 Å². The summed E-state index contributed by atoms with van der Waals surface area (Å²) in [6.45, 7) is 8.68. The maximum atomic E-state index is 3.44. The van der Waals surface area contributed by atoms with Crippen LogP contribution in [-0.2, 0) is 0 Å². The molecule has 0 aliphatic heterocycles. The molecule has 0 saturated heterocycles. The molecular weight excluding hydrogens is 196 g/mol. The Morgan fingerprint density at radius 3 is 2.75 bits per heavy atom. The Balaban J connectivity index is 2.43. The second-order valence-corrected chi connectivity index (χ2v) is 4.51. The van der Waals surface area contributed by atoms with Gasteiger partial charge in [0.1, 0.15) is 0 Å². The zero-order valence-electron chi connectivity index (χ0n) is 11.0. The van der Waals surface area contributed by atoms with E-state index in [-0.39, 0.29) is 0 Å².